The van der Waals surface area contributed by atoms with Gasteiger partial charge in [-0.05, 0) is 31.2 Å². The molecule has 2 N–H and O–H groups in total. The van der Waals surface area contributed by atoms with E-state index in [2.05, 4.69) is 46.0 Å². The summed E-state index contributed by atoms with van der Waals surface area (Å²) in [5.74, 6) is 0. The summed E-state index contributed by atoms with van der Waals surface area (Å²) in [6, 6.07) is 8.62. The molecule has 1 aromatic carbocycles. The van der Waals surface area contributed by atoms with Gasteiger partial charge in [-0.15, -0.1) is 0 Å². The smallest absolute Gasteiger partial charge is 0.0593 e. The Balaban J connectivity index is 2.73. The van der Waals surface area contributed by atoms with Gasteiger partial charge in [0.05, 0.1) is 6.61 Å². The van der Waals surface area contributed by atoms with Crippen LogP contribution in [0.2, 0.25) is 0 Å². The Morgan fingerprint density at radius 2 is 2.17 bits per heavy atom. The molecule has 0 saturated carbocycles. The summed E-state index contributed by atoms with van der Waals surface area (Å²) in [5, 5.41) is 0. The Bertz CT molecular complexity index is 346. The Kier molecular flexibility index (Phi) is 7.51. The number of benzene rings is 1. The van der Waals surface area contributed by atoms with Gasteiger partial charge in [0.2, 0.25) is 0 Å². The van der Waals surface area contributed by atoms with E-state index in [-0.39, 0.29) is 6.04 Å². The molecule has 0 heterocycles. The fraction of sp³-hybridized carbons (Fsp3) is 0.571. The van der Waals surface area contributed by atoms with Crippen molar-refractivity contribution in [1.29, 1.82) is 0 Å². The van der Waals surface area contributed by atoms with E-state index in [1.54, 1.807) is 0 Å². The molecular formula is C14H23BrN2O. The van der Waals surface area contributed by atoms with Crippen molar-refractivity contribution in [3.05, 3.63) is 34.3 Å². The van der Waals surface area contributed by atoms with Gasteiger partial charge in [0.1, 0.15) is 0 Å². The van der Waals surface area contributed by atoms with E-state index < -0.39 is 0 Å². The quantitative estimate of drug-likeness (QED) is 0.750. The maximum atomic E-state index is 5.94. The van der Waals surface area contributed by atoms with E-state index >= 15 is 0 Å². The molecule has 1 atom stereocenters. The third kappa shape index (κ3) is 4.69. The van der Waals surface area contributed by atoms with Crippen molar-refractivity contribution >= 4 is 15.9 Å². The van der Waals surface area contributed by atoms with Crippen molar-refractivity contribution in [2.24, 2.45) is 5.73 Å². The minimum Gasteiger partial charge on any atom is -0.380 e. The fourth-order valence-corrected chi connectivity index (χ4v) is 2.49. The predicted octanol–water partition coefficient (Wildman–Crippen LogP) is 2.81. The van der Waals surface area contributed by atoms with E-state index in [0.717, 1.165) is 30.8 Å². The van der Waals surface area contributed by atoms with Gasteiger partial charge in [-0.2, -0.15) is 0 Å². The molecule has 0 aromatic heterocycles. The van der Waals surface area contributed by atoms with Crippen LogP contribution in [0.3, 0.4) is 0 Å². The number of nitrogens with zero attached hydrogens (tertiary/aromatic N) is 1. The van der Waals surface area contributed by atoms with Crippen LogP contribution in [0.1, 0.15) is 25.5 Å². The molecule has 0 aliphatic heterocycles. The third-order valence-electron chi connectivity index (χ3n) is 3.03. The van der Waals surface area contributed by atoms with Crippen molar-refractivity contribution in [2.75, 3.05) is 32.8 Å². The zero-order valence-corrected chi connectivity index (χ0v) is 12.8. The topological polar surface area (TPSA) is 38.5 Å². The molecule has 0 fully saturated rings. The Morgan fingerprint density at radius 3 is 2.72 bits per heavy atom. The summed E-state index contributed by atoms with van der Waals surface area (Å²) in [4.78, 5) is 2.36. The van der Waals surface area contributed by atoms with Gasteiger partial charge in [-0.25, -0.2) is 0 Å². The molecule has 102 valence electrons. The fourth-order valence-electron chi connectivity index (χ4n) is 2.07. The highest BCUT2D eigenvalue weighted by Crippen LogP contribution is 2.22. The van der Waals surface area contributed by atoms with Gasteiger partial charge < -0.3 is 10.5 Å². The number of nitrogens with two attached hydrogens (primary N) is 1. The third-order valence-corrected chi connectivity index (χ3v) is 3.52. The first-order valence-corrected chi connectivity index (χ1v) is 7.29. The summed E-state index contributed by atoms with van der Waals surface area (Å²) in [6.45, 7) is 8.21. The molecule has 3 nitrogen and oxygen atoms in total. The Labute approximate surface area is 118 Å². The number of rotatable bonds is 8. The van der Waals surface area contributed by atoms with Crippen LogP contribution < -0.4 is 5.73 Å². The zero-order valence-electron chi connectivity index (χ0n) is 11.2. The maximum absolute atomic E-state index is 5.94. The van der Waals surface area contributed by atoms with E-state index in [9.17, 15) is 0 Å². The lowest BCUT2D eigenvalue weighted by atomic mass is 10.1. The predicted molar refractivity (Wildman–Crippen MR) is 79.7 cm³/mol. The first-order valence-electron chi connectivity index (χ1n) is 6.50. The van der Waals surface area contributed by atoms with Crippen molar-refractivity contribution in [3.8, 4) is 0 Å². The average Bonchev–Trinajstić information content (AvgIpc) is 2.38. The number of hydrogen-bond acceptors (Lipinski definition) is 3. The highest BCUT2D eigenvalue weighted by Gasteiger charge is 2.17. The van der Waals surface area contributed by atoms with E-state index in [0.29, 0.717) is 6.54 Å². The molecule has 0 aliphatic carbocycles. The summed E-state index contributed by atoms with van der Waals surface area (Å²) in [5.41, 5.74) is 7.19. The van der Waals surface area contributed by atoms with Crippen molar-refractivity contribution in [2.45, 2.75) is 19.9 Å². The minimum absolute atomic E-state index is 0.257. The van der Waals surface area contributed by atoms with Gasteiger partial charge >= 0.3 is 0 Å². The highest BCUT2D eigenvalue weighted by atomic mass is 79.9. The van der Waals surface area contributed by atoms with Crippen LogP contribution in [0.25, 0.3) is 0 Å². The first-order chi connectivity index (χ1) is 8.72. The molecule has 0 bridgehead atoms. The summed E-state index contributed by atoms with van der Waals surface area (Å²) < 4.78 is 6.52. The van der Waals surface area contributed by atoms with Crippen LogP contribution in [0.5, 0.6) is 0 Å². The van der Waals surface area contributed by atoms with Gasteiger partial charge in [0, 0.05) is 30.2 Å². The minimum atomic E-state index is 0.257. The lowest BCUT2D eigenvalue weighted by Gasteiger charge is -2.30. The van der Waals surface area contributed by atoms with Crippen molar-refractivity contribution in [3.63, 3.8) is 0 Å². The summed E-state index contributed by atoms with van der Waals surface area (Å²) >= 11 is 3.51. The second-order valence-electron chi connectivity index (χ2n) is 4.13. The lowest BCUT2D eigenvalue weighted by Crippen LogP contribution is -2.36. The standard InChI is InChI=1S/C14H23BrN2O/c1-3-17(8-9-18-4-2)14(11-16)12-6-5-7-13(15)10-12/h5-7,10,14H,3-4,8-9,11,16H2,1-2H3. The highest BCUT2D eigenvalue weighted by molar-refractivity contribution is 9.10. The molecule has 0 spiro atoms. The van der Waals surface area contributed by atoms with E-state index in [4.69, 9.17) is 10.5 Å². The number of likely N-dealkylation sites (N-methyl/N-ethyl adjacent to an activating group) is 1. The normalized spacial score (nSPS) is 12.9. The lowest BCUT2D eigenvalue weighted by molar-refractivity contribution is 0.0980. The van der Waals surface area contributed by atoms with Crippen LogP contribution in [-0.2, 0) is 4.74 Å². The van der Waals surface area contributed by atoms with Crippen molar-refractivity contribution < 1.29 is 4.74 Å². The molecule has 0 aliphatic rings. The molecule has 0 radical (unpaired) electrons. The van der Waals surface area contributed by atoms with Crippen LogP contribution >= 0.6 is 15.9 Å². The van der Waals surface area contributed by atoms with E-state index in [1.807, 2.05) is 13.0 Å². The second kappa shape index (κ2) is 8.64. The molecule has 18 heavy (non-hydrogen) atoms. The Morgan fingerprint density at radius 1 is 1.39 bits per heavy atom. The molecule has 1 unspecified atom stereocenters. The maximum Gasteiger partial charge on any atom is 0.0593 e. The van der Waals surface area contributed by atoms with Crippen LogP contribution in [-0.4, -0.2) is 37.7 Å². The van der Waals surface area contributed by atoms with Gasteiger partial charge in [-0.3, -0.25) is 4.90 Å². The number of hydrogen-bond donors (Lipinski definition) is 1. The zero-order chi connectivity index (χ0) is 13.4. The van der Waals surface area contributed by atoms with Crippen LogP contribution in [0.15, 0.2) is 28.7 Å². The van der Waals surface area contributed by atoms with Crippen LogP contribution in [0, 0.1) is 0 Å². The monoisotopic (exact) mass is 314 g/mol. The Hall–Kier alpha value is -0.420. The van der Waals surface area contributed by atoms with Gasteiger partial charge in [0.15, 0.2) is 0 Å². The van der Waals surface area contributed by atoms with Crippen molar-refractivity contribution in [1.82, 2.24) is 4.90 Å². The average molecular weight is 315 g/mol. The largest absolute Gasteiger partial charge is 0.380 e. The second-order valence-corrected chi connectivity index (χ2v) is 5.05. The molecular weight excluding hydrogens is 292 g/mol. The summed E-state index contributed by atoms with van der Waals surface area (Å²) in [7, 11) is 0. The SMILES string of the molecule is CCOCCN(CC)C(CN)c1cccc(Br)c1. The van der Waals surface area contributed by atoms with E-state index in [1.165, 1.54) is 5.56 Å². The first kappa shape index (κ1) is 15.6. The molecule has 0 amide bonds. The van der Waals surface area contributed by atoms with Gasteiger partial charge in [0.25, 0.3) is 0 Å². The molecule has 0 saturated heterocycles. The van der Waals surface area contributed by atoms with Gasteiger partial charge in [-0.1, -0.05) is 35.0 Å². The molecule has 4 heteroatoms. The summed E-state index contributed by atoms with van der Waals surface area (Å²) in [6.07, 6.45) is 0. The molecule has 1 aromatic rings. The molecule has 1 rings (SSSR count). The number of ether oxygens (including phenoxy) is 1. The number of halogens is 1. The van der Waals surface area contributed by atoms with Crippen LogP contribution in [0.4, 0.5) is 0 Å².